The van der Waals surface area contributed by atoms with E-state index in [1.54, 1.807) is 11.3 Å². The van der Waals surface area contributed by atoms with Gasteiger partial charge in [0.2, 0.25) is 0 Å². The summed E-state index contributed by atoms with van der Waals surface area (Å²) in [5.41, 5.74) is 3.91. The molecule has 0 aliphatic rings. The monoisotopic (exact) mass is 275 g/mol. The summed E-state index contributed by atoms with van der Waals surface area (Å²) in [7, 11) is 0. The minimum Gasteiger partial charge on any atom is -0.492 e. The summed E-state index contributed by atoms with van der Waals surface area (Å²) in [5.74, 6) is 0.970. The number of ether oxygens (including phenoxy) is 1. The van der Waals surface area contributed by atoms with Gasteiger partial charge < -0.3 is 10.1 Å². The lowest BCUT2D eigenvalue weighted by Gasteiger charge is -2.09. The van der Waals surface area contributed by atoms with Crippen LogP contribution in [0.25, 0.3) is 0 Å². The van der Waals surface area contributed by atoms with Gasteiger partial charge in [-0.15, -0.1) is 0 Å². The van der Waals surface area contributed by atoms with E-state index in [1.165, 1.54) is 16.7 Å². The Kier molecular flexibility index (Phi) is 5.43. The molecule has 0 radical (unpaired) electrons. The summed E-state index contributed by atoms with van der Waals surface area (Å²) in [6.07, 6.45) is 1.09. The van der Waals surface area contributed by atoms with E-state index in [2.05, 4.69) is 54.2 Å². The van der Waals surface area contributed by atoms with Crippen molar-refractivity contribution in [2.24, 2.45) is 0 Å². The fourth-order valence-electron chi connectivity index (χ4n) is 2.05. The molecule has 0 fully saturated rings. The van der Waals surface area contributed by atoms with Crippen molar-refractivity contribution in [3.05, 3.63) is 51.7 Å². The molecule has 0 saturated heterocycles. The van der Waals surface area contributed by atoms with Gasteiger partial charge in [-0.05, 0) is 72.5 Å². The van der Waals surface area contributed by atoms with Gasteiger partial charge in [-0.1, -0.05) is 6.07 Å². The van der Waals surface area contributed by atoms with Crippen LogP contribution in [0.1, 0.15) is 16.7 Å². The van der Waals surface area contributed by atoms with Crippen LogP contribution in [0.2, 0.25) is 0 Å². The van der Waals surface area contributed by atoms with Gasteiger partial charge in [0.1, 0.15) is 12.4 Å². The van der Waals surface area contributed by atoms with Gasteiger partial charge in [-0.2, -0.15) is 11.3 Å². The second-order valence-electron chi connectivity index (χ2n) is 4.80. The zero-order chi connectivity index (χ0) is 13.5. The average molecular weight is 275 g/mol. The molecule has 2 rings (SSSR count). The van der Waals surface area contributed by atoms with Crippen molar-refractivity contribution in [3.63, 3.8) is 0 Å². The Morgan fingerprint density at radius 3 is 2.58 bits per heavy atom. The van der Waals surface area contributed by atoms with Gasteiger partial charge in [0.05, 0.1) is 0 Å². The van der Waals surface area contributed by atoms with E-state index >= 15 is 0 Å². The first kappa shape index (κ1) is 14.1. The quantitative estimate of drug-likeness (QED) is 0.780. The maximum Gasteiger partial charge on any atom is 0.119 e. The van der Waals surface area contributed by atoms with Crippen LogP contribution in [0.15, 0.2) is 35.0 Å². The molecule has 0 spiro atoms. The molecular weight excluding hydrogens is 254 g/mol. The summed E-state index contributed by atoms with van der Waals surface area (Å²) in [4.78, 5) is 0. The average Bonchev–Trinajstić information content (AvgIpc) is 2.85. The topological polar surface area (TPSA) is 21.3 Å². The fraction of sp³-hybridized carbons (Fsp3) is 0.375. The van der Waals surface area contributed by atoms with E-state index in [1.807, 2.05) is 0 Å². The van der Waals surface area contributed by atoms with Gasteiger partial charge in [-0.25, -0.2) is 0 Å². The second kappa shape index (κ2) is 7.31. The standard InChI is InChI=1S/C16H21NOS/c1-13-9-14(2)11-16(10-13)18-7-6-17-5-3-15-4-8-19-12-15/h4,8-12,17H,3,5-7H2,1-2H3. The largest absolute Gasteiger partial charge is 0.492 e. The summed E-state index contributed by atoms with van der Waals surface area (Å²) in [5, 5.41) is 7.73. The fourth-order valence-corrected chi connectivity index (χ4v) is 2.75. The molecule has 1 heterocycles. The summed E-state index contributed by atoms with van der Waals surface area (Å²) in [6, 6.07) is 8.50. The molecule has 1 aromatic heterocycles. The molecule has 19 heavy (non-hydrogen) atoms. The number of nitrogens with one attached hydrogen (secondary N) is 1. The van der Waals surface area contributed by atoms with Gasteiger partial charge in [0.25, 0.3) is 0 Å². The van der Waals surface area contributed by atoms with E-state index < -0.39 is 0 Å². The molecule has 0 amide bonds. The number of aryl methyl sites for hydroxylation is 2. The molecule has 0 saturated carbocycles. The molecule has 3 heteroatoms. The summed E-state index contributed by atoms with van der Waals surface area (Å²) >= 11 is 1.76. The lowest BCUT2D eigenvalue weighted by atomic mass is 10.1. The van der Waals surface area contributed by atoms with E-state index in [9.17, 15) is 0 Å². The van der Waals surface area contributed by atoms with Crippen LogP contribution in [0, 0.1) is 13.8 Å². The highest BCUT2D eigenvalue weighted by Crippen LogP contribution is 2.15. The first-order chi connectivity index (χ1) is 9.24. The minimum atomic E-state index is 0.715. The Bertz CT molecular complexity index is 473. The van der Waals surface area contributed by atoms with Gasteiger partial charge in [0, 0.05) is 6.54 Å². The molecule has 0 aliphatic carbocycles. The molecule has 2 nitrogen and oxygen atoms in total. The van der Waals surface area contributed by atoms with Crippen LogP contribution in [0.3, 0.4) is 0 Å². The lowest BCUT2D eigenvalue weighted by molar-refractivity contribution is 0.314. The molecule has 102 valence electrons. The van der Waals surface area contributed by atoms with E-state index in [0.29, 0.717) is 6.61 Å². The van der Waals surface area contributed by atoms with Crippen molar-refractivity contribution in [3.8, 4) is 5.75 Å². The van der Waals surface area contributed by atoms with Crippen LogP contribution < -0.4 is 10.1 Å². The molecule has 2 aromatic rings. The van der Waals surface area contributed by atoms with E-state index in [0.717, 1.165) is 25.3 Å². The second-order valence-corrected chi connectivity index (χ2v) is 5.58. The Hall–Kier alpha value is -1.32. The van der Waals surface area contributed by atoms with Crippen molar-refractivity contribution in [1.82, 2.24) is 5.32 Å². The maximum absolute atomic E-state index is 5.74. The van der Waals surface area contributed by atoms with Gasteiger partial charge in [0.15, 0.2) is 0 Å². The molecule has 1 aromatic carbocycles. The predicted molar refractivity (Wildman–Crippen MR) is 82.3 cm³/mol. The number of benzene rings is 1. The number of hydrogen-bond acceptors (Lipinski definition) is 3. The lowest BCUT2D eigenvalue weighted by Crippen LogP contribution is -2.23. The van der Waals surface area contributed by atoms with Crippen molar-refractivity contribution in [1.29, 1.82) is 0 Å². The summed E-state index contributed by atoms with van der Waals surface area (Å²) < 4.78 is 5.74. The van der Waals surface area contributed by atoms with Crippen LogP contribution in [-0.4, -0.2) is 19.7 Å². The Morgan fingerprint density at radius 2 is 1.89 bits per heavy atom. The van der Waals surface area contributed by atoms with Crippen molar-refractivity contribution >= 4 is 11.3 Å². The zero-order valence-electron chi connectivity index (χ0n) is 11.6. The Labute approximate surface area is 119 Å². The van der Waals surface area contributed by atoms with Gasteiger partial charge in [-0.3, -0.25) is 0 Å². The van der Waals surface area contributed by atoms with Crippen LogP contribution >= 0.6 is 11.3 Å². The highest BCUT2D eigenvalue weighted by atomic mass is 32.1. The Morgan fingerprint density at radius 1 is 1.11 bits per heavy atom. The number of hydrogen-bond donors (Lipinski definition) is 1. The Balaban J connectivity index is 1.61. The first-order valence-corrected chi connectivity index (χ1v) is 7.61. The van der Waals surface area contributed by atoms with Crippen LogP contribution in [0.4, 0.5) is 0 Å². The molecule has 0 aliphatic heterocycles. The van der Waals surface area contributed by atoms with Crippen LogP contribution in [0.5, 0.6) is 5.75 Å². The third-order valence-electron chi connectivity index (χ3n) is 2.91. The molecule has 0 atom stereocenters. The number of rotatable bonds is 7. The predicted octanol–water partition coefficient (Wildman–Crippen LogP) is 3.58. The molecule has 0 unspecified atom stereocenters. The number of thiophene rings is 1. The highest BCUT2D eigenvalue weighted by molar-refractivity contribution is 7.07. The normalized spacial score (nSPS) is 10.6. The molecule has 0 bridgehead atoms. The SMILES string of the molecule is Cc1cc(C)cc(OCCNCCc2ccsc2)c1. The van der Waals surface area contributed by atoms with Crippen LogP contribution in [-0.2, 0) is 6.42 Å². The maximum atomic E-state index is 5.74. The smallest absolute Gasteiger partial charge is 0.119 e. The van der Waals surface area contributed by atoms with Crippen molar-refractivity contribution in [2.45, 2.75) is 20.3 Å². The third-order valence-corrected chi connectivity index (χ3v) is 3.65. The third kappa shape index (κ3) is 5.05. The highest BCUT2D eigenvalue weighted by Gasteiger charge is 1.97. The molecular formula is C16H21NOS. The minimum absolute atomic E-state index is 0.715. The summed E-state index contributed by atoms with van der Waals surface area (Å²) in [6.45, 7) is 6.80. The zero-order valence-corrected chi connectivity index (χ0v) is 12.4. The van der Waals surface area contributed by atoms with Crippen molar-refractivity contribution < 1.29 is 4.74 Å². The van der Waals surface area contributed by atoms with E-state index in [-0.39, 0.29) is 0 Å². The first-order valence-electron chi connectivity index (χ1n) is 6.67. The van der Waals surface area contributed by atoms with E-state index in [4.69, 9.17) is 4.74 Å². The van der Waals surface area contributed by atoms with Crippen molar-refractivity contribution in [2.75, 3.05) is 19.7 Å². The molecule has 1 N–H and O–H groups in total. The van der Waals surface area contributed by atoms with Gasteiger partial charge >= 0.3 is 0 Å².